The van der Waals surface area contributed by atoms with Crippen molar-refractivity contribution in [1.82, 2.24) is 13.4 Å². The summed E-state index contributed by atoms with van der Waals surface area (Å²) in [6.45, 7) is -0.0230. The molecule has 112 valence electrons. The van der Waals surface area contributed by atoms with Gasteiger partial charge in [0.05, 0.1) is 6.61 Å². The van der Waals surface area contributed by atoms with Crippen molar-refractivity contribution in [3.8, 4) is 0 Å². The minimum atomic E-state index is -4.01. The van der Waals surface area contributed by atoms with Gasteiger partial charge in [0.1, 0.15) is 0 Å². The Morgan fingerprint density at radius 3 is 2.60 bits per heavy atom. The molecule has 1 aliphatic rings. The van der Waals surface area contributed by atoms with Crippen LogP contribution in [0.1, 0.15) is 12.8 Å². The fourth-order valence-corrected chi connectivity index (χ4v) is 4.22. The van der Waals surface area contributed by atoms with E-state index in [1.54, 1.807) is 0 Å². The lowest BCUT2D eigenvalue weighted by Gasteiger charge is -2.22. The van der Waals surface area contributed by atoms with Crippen molar-refractivity contribution in [3.05, 3.63) is 27.0 Å². The van der Waals surface area contributed by atoms with Crippen molar-refractivity contribution in [3.63, 3.8) is 0 Å². The molecule has 1 aliphatic heterocycles. The van der Waals surface area contributed by atoms with Gasteiger partial charge in [0.25, 0.3) is 5.56 Å². The maximum atomic E-state index is 12.5. The molecule has 1 atom stereocenters. The molecule has 2 heterocycles. The number of aromatic nitrogens is 2. The molecule has 0 bridgehead atoms. The predicted octanol–water partition coefficient (Wildman–Crippen LogP) is -1.77. The first-order valence-electron chi connectivity index (χ1n) is 6.20. The molecular weight excluding hydrogens is 286 g/mol. The average Bonchev–Trinajstić information content (AvgIpc) is 2.89. The highest BCUT2D eigenvalue weighted by atomic mass is 32.2. The minimum Gasteiger partial charge on any atom is -0.395 e. The van der Waals surface area contributed by atoms with Crippen molar-refractivity contribution in [2.45, 2.75) is 23.8 Å². The van der Waals surface area contributed by atoms with E-state index in [-0.39, 0.29) is 13.2 Å². The Bertz CT molecular complexity index is 733. The van der Waals surface area contributed by atoms with Crippen molar-refractivity contribution < 1.29 is 13.5 Å². The third kappa shape index (κ3) is 2.21. The van der Waals surface area contributed by atoms with Crippen LogP contribution in [0.4, 0.5) is 0 Å². The molecule has 0 aromatic carbocycles. The molecule has 2 rings (SSSR count). The van der Waals surface area contributed by atoms with E-state index in [0.29, 0.717) is 12.8 Å². The van der Waals surface area contributed by atoms with Crippen LogP contribution in [0.5, 0.6) is 0 Å². The van der Waals surface area contributed by atoms with E-state index in [2.05, 4.69) is 0 Å². The monoisotopic (exact) mass is 303 g/mol. The largest absolute Gasteiger partial charge is 0.395 e. The van der Waals surface area contributed by atoms with E-state index < -0.39 is 32.2 Å². The molecule has 1 aromatic rings. The van der Waals surface area contributed by atoms with Gasteiger partial charge in [-0.1, -0.05) is 0 Å². The normalized spacial score (nSPS) is 20.4. The fourth-order valence-electron chi connectivity index (χ4n) is 2.39. The highest BCUT2D eigenvalue weighted by Gasteiger charge is 2.37. The molecule has 0 amide bonds. The summed E-state index contributed by atoms with van der Waals surface area (Å²) in [6.07, 6.45) is 2.23. The van der Waals surface area contributed by atoms with Crippen molar-refractivity contribution >= 4 is 10.0 Å². The number of hydrogen-bond donors (Lipinski definition) is 1. The van der Waals surface area contributed by atoms with Crippen LogP contribution in [-0.2, 0) is 24.1 Å². The maximum Gasteiger partial charge on any atom is 0.330 e. The summed E-state index contributed by atoms with van der Waals surface area (Å²) in [5.41, 5.74) is -1.44. The van der Waals surface area contributed by atoms with Gasteiger partial charge in [0.15, 0.2) is 4.90 Å². The van der Waals surface area contributed by atoms with Crippen LogP contribution >= 0.6 is 0 Å². The number of aliphatic hydroxyl groups is 1. The first kappa shape index (κ1) is 14.9. The minimum absolute atomic E-state index is 0.263. The fraction of sp³-hybridized carbons (Fsp3) is 0.636. The third-order valence-corrected chi connectivity index (χ3v) is 5.47. The zero-order valence-electron chi connectivity index (χ0n) is 11.3. The number of sulfonamides is 1. The summed E-state index contributed by atoms with van der Waals surface area (Å²) in [4.78, 5) is 23.2. The first-order valence-corrected chi connectivity index (χ1v) is 7.64. The van der Waals surface area contributed by atoms with Gasteiger partial charge in [0.2, 0.25) is 10.0 Å². The van der Waals surface area contributed by atoms with Crippen molar-refractivity contribution in [2.75, 3.05) is 13.2 Å². The molecule has 8 nitrogen and oxygen atoms in total. The molecule has 1 saturated heterocycles. The summed E-state index contributed by atoms with van der Waals surface area (Å²) in [5.74, 6) is 0. The van der Waals surface area contributed by atoms with Gasteiger partial charge in [-0.3, -0.25) is 9.36 Å². The van der Waals surface area contributed by atoms with E-state index in [0.717, 1.165) is 19.6 Å². The zero-order chi connectivity index (χ0) is 15.1. The second-order valence-corrected chi connectivity index (χ2v) is 6.70. The van der Waals surface area contributed by atoms with Crippen LogP contribution < -0.4 is 11.2 Å². The quantitative estimate of drug-likeness (QED) is 0.712. The molecule has 1 fully saturated rings. The molecule has 20 heavy (non-hydrogen) atoms. The van der Waals surface area contributed by atoms with E-state index in [4.69, 9.17) is 0 Å². The summed E-state index contributed by atoms with van der Waals surface area (Å²) < 4.78 is 28.0. The number of hydrogen-bond acceptors (Lipinski definition) is 5. The molecule has 0 aliphatic carbocycles. The third-order valence-electron chi connectivity index (χ3n) is 3.54. The smallest absolute Gasteiger partial charge is 0.330 e. The molecule has 1 aromatic heterocycles. The van der Waals surface area contributed by atoms with Crippen LogP contribution in [0.25, 0.3) is 0 Å². The van der Waals surface area contributed by atoms with Gasteiger partial charge < -0.3 is 9.67 Å². The van der Waals surface area contributed by atoms with Gasteiger partial charge in [-0.25, -0.2) is 13.2 Å². The van der Waals surface area contributed by atoms with Crippen LogP contribution in [0.15, 0.2) is 20.7 Å². The summed E-state index contributed by atoms with van der Waals surface area (Å²) >= 11 is 0. The van der Waals surface area contributed by atoms with Gasteiger partial charge in [-0.15, -0.1) is 0 Å². The summed E-state index contributed by atoms with van der Waals surface area (Å²) in [6, 6.07) is -0.512. The van der Waals surface area contributed by atoms with Gasteiger partial charge in [0, 0.05) is 32.9 Å². The molecule has 0 spiro atoms. The van der Waals surface area contributed by atoms with Crippen molar-refractivity contribution in [1.29, 1.82) is 0 Å². The molecule has 0 radical (unpaired) electrons. The Balaban J connectivity index is 2.62. The van der Waals surface area contributed by atoms with Crippen LogP contribution in [0.2, 0.25) is 0 Å². The lowest BCUT2D eigenvalue weighted by Crippen LogP contribution is -2.44. The lowest BCUT2D eigenvalue weighted by molar-refractivity contribution is 0.213. The molecular formula is C11H17N3O5S. The number of aryl methyl sites for hydroxylation is 1. The van der Waals surface area contributed by atoms with Crippen LogP contribution in [0.3, 0.4) is 0 Å². The van der Waals surface area contributed by atoms with Gasteiger partial charge in [-0.05, 0) is 12.8 Å². The SMILES string of the molecule is Cn1cc(S(=O)(=O)N2CCC[C@@H]2CO)c(=O)n(C)c1=O. The highest BCUT2D eigenvalue weighted by Crippen LogP contribution is 2.23. The average molecular weight is 303 g/mol. The molecule has 0 unspecified atom stereocenters. The van der Waals surface area contributed by atoms with Crippen LogP contribution in [-0.4, -0.2) is 46.2 Å². The first-order chi connectivity index (χ1) is 9.30. The second-order valence-electron chi connectivity index (χ2n) is 4.85. The Morgan fingerprint density at radius 2 is 2.00 bits per heavy atom. The molecule has 1 N–H and O–H groups in total. The number of nitrogens with zero attached hydrogens (tertiary/aromatic N) is 3. The van der Waals surface area contributed by atoms with Crippen LogP contribution in [0, 0.1) is 0 Å². The van der Waals surface area contributed by atoms with Gasteiger partial charge >= 0.3 is 5.69 Å². The van der Waals surface area contributed by atoms with E-state index in [1.807, 2.05) is 0 Å². The standard InChI is InChI=1S/C11H17N3O5S/c1-12-6-9(10(16)13(2)11(12)17)20(18,19)14-5-3-4-8(14)7-15/h6,8,15H,3-5,7H2,1-2H3/t8-/m1/s1. The maximum absolute atomic E-state index is 12.5. The topological polar surface area (TPSA) is 102 Å². The van der Waals surface area contributed by atoms with Gasteiger partial charge in [-0.2, -0.15) is 4.31 Å². The predicted molar refractivity (Wildman–Crippen MR) is 70.9 cm³/mol. The molecule has 0 saturated carbocycles. The Hall–Kier alpha value is -1.45. The zero-order valence-corrected chi connectivity index (χ0v) is 12.1. The Labute approximate surface area is 115 Å². The number of rotatable bonds is 3. The van der Waals surface area contributed by atoms with Crippen molar-refractivity contribution in [2.24, 2.45) is 14.1 Å². The highest BCUT2D eigenvalue weighted by molar-refractivity contribution is 7.89. The Morgan fingerprint density at radius 1 is 1.35 bits per heavy atom. The number of aliphatic hydroxyl groups excluding tert-OH is 1. The van der Waals surface area contributed by atoms with E-state index in [1.165, 1.54) is 14.1 Å². The summed E-state index contributed by atoms with van der Waals surface area (Å²) in [5, 5.41) is 9.22. The molecule has 9 heteroatoms. The van der Waals surface area contributed by atoms with E-state index in [9.17, 15) is 23.1 Å². The van der Waals surface area contributed by atoms with E-state index >= 15 is 0 Å². The summed E-state index contributed by atoms with van der Waals surface area (Å²) in [7, 11) is -1.40. The lowest BCUT2D eigenvalue weighted by atomic mass is 10.2. The Kier molecular flexibility index (Phi) is 3.85. The second kappa shape index (κ2) is 5.15.